The Bertz CT molecular complexity index is 838. The number of carboxylic acid groups (broad SMARTS) is 1. The van der Waals surface area contributed by atoms with Gasteiger partial charge in [0.05, 0.1) is 26.9 Å². The van der Waals surface area contributed by atoms with Crippen LogP contribution < -0.4 is 14.2 Å². The van der Waals surface area contributed by atoms with Crippen LogP contribution in [0.15, 0.2) is 42.5 Å². The molecular formula is C23H29NO5. The molecule has 1 N–H and O–H groups in total. The van der Waals surface area contributed by atoms with E-state index in [9.17, 15) is 9.90 Å². The van der Waals surface area contributed by atoms with E-state index in [1.54, 1.807) is 14.2 Å². The van der Waals surface area contributed by atoms with Crippen molar-refractivity contribution in [2.45, 2.75) is 38.3 Å². The van der Waals surface area contributed by atoms with Crippen LogP contribution in [0.3, 0.4) is 0 Å². The molecule has 156 valence electrons. The number of piperidine rings is 1. The first-order valence-corrected chi connectivity index (χ1v) is 10.0. The Morgan fingerprint density at radius 1 is 1.10 bits per heavy atom. The van der Waals surface area contributed by atoms with Crippen molar-refractivity contribution in [2.75, 3.05) is 27.4 Å². The van der Waals surface area contributed by atoms with Gasteiger partial charge in [-0.15, -0.1) is 0 Å². The molecule has 29 heavy (non-hydrogen) atoms. The maximum atomic E-state index is 12.0. The van der Waals surface area contributed by atoms with E-state index in [1.165, 1.54) is 0 Å². The molecule has 2 unspecified atom stereocenters. The van der Waals surface area contributed by atoms with Crippen molar-refractivity contribution in [1.29, 1.82) is 0 Å². The first-order chi connectivity index (χ1) is 14.1. The molecule has 1 aliphatic heterocycles. The van der Waals surface area contributed by atoms with E-state index in [1.807, 2.05) is 49.4 Å². The van der Waals surface area contributed by atoms with Crippen LogP contribution in [0.1, 0.15) is 43.4 Å². The topological polar surface area (TPSA) is 68.2 Å². The van der Waals surface area contributed by atoms with Gasteiger partial charge < -0.3 is 19.3 Å². The summed E-state index contributed by atoms with van der Waals surface area (Å²) in [5.41, 5.74) is 1.96. The lowest BCUT2D eigenvalue weighted by Gasteiger charge is -2.39. The van der Waals surface area contributed by atoms with Crippen molar-refractivity contribution < 1.29 is 24.1 Å². The molecule has 6 nitrogen and oxygen atoms in total. The average Bonchev–Trinajstić information content (AvgIpc) is 2.75. The van der Waals surface area contributed by atoms with Crippen molar-refractivity contribution in [3.8, 4) is 17.2 Å². The summed E-state index contributed by atoms with van der Waals surface area (Å²) in [4.78, 5) is 14.1. The third-order valence-electron chi connectivity index (χ3n) is 5.37. The van der Waals surface area contributed by atoms with Gasteiger partial charge in [-0.05, 0) is 61.7 Å². The number of hydrogen-bond donors (Lipinski definition) is 1. The van der Waals surface area contributed by atoms with E-state index in [4.69, 9.17) is 14.2 Å². The van der Waals surface area contributed by atoms with E-state index in [2.05, 4.69) is 4.90 Å². The molecule has 0 aromatic heterocycles. The van der Waals surface area contributed by atoms with Crippen LogP contribution in [-0.2, 0) is 4.79 Å². The van der Waals surface area contributed by atoms with Gasteiger partial charge in [0.2, 0.25) is 0 Å². The molecular weight excluding hydrogens is 370 g/mol. The van der Waals surface area contributed by atoms with Crippen molar-refractivity contribution in [3.05, 3.63) is 53.6 Å². The summed E-state index contributed by atoms with van der Waals surface area (Å²) in [5.74, 6) is 1.28. The Hall–Kier alpha value is -2.73. The monoisotopic (exact) mass is 399 g/mol. The van der Waals surface area contributed by atoms with Crippen LogP contribution >= 0.6 is 0 Å². The SMILES string of the molecule is CCOc1cc(C(c2cccc(OC)c2)N2CCCCC2C(=O)O)ccc1OC. The minimum Gasteiger partial charge on any atom is -0.497 e. The van der Waals surface area contributed by atoms with Gasteiger partial charge in [-0.1, -0.05) is 24.6 Å². The number of benzene rings is 2. The van der Waals surface area contributed by atoms with Crippen LogP contribution in [-0.4, -0.2) is 49.4 Å². The summed E-state index contributed by atoms with van der Waals surface area (Å²) in [5, 5.41) is 9.86. The fourth-order valence-electron chi connectivity index (χ4n) is 4.05. The van der Waals surface area contributed by atoms with E-state index < -0.39 is 12.0 Å². The molecule has 0 radical (unpaired) electrons. The van der Waals surface area contributed by atoms with Gasteiger partial charge in [0.15, 0.2) is 11.5 Å². The Labute approximate surface area is 172 Å². The van der Waals surface area contributed by atoms with Crippen LogP contribution in [0, 0.1) is 0 Å². The number of hydrogen-bond acceptors (Lipinski definition) is 5. The second kappa shape index (κ2) is 9.65. The van der Waals surface area contributed by atoms with Crippen LogP contribution in [0.5, 0.6) is 17.2 Å². The highest BCUT2D eigenvalue weighted by Crippen LogP contribution is 2.39. The molecule has 0 saturated carbocycles. The second-order valence-electron chi connectivity index (χ2n) is 7.11. The molecule has 0 spiro atoms. The van der Waals surface area contributed by atoms with E-state index in [-0.39, 0.29) is 6.04 Å². The Morgan fingerprint density at radius 2 is 1.90 bits per heavy atom. The Morgan fingerprint density at radius 3 is 2.59 bits per heavy atom. The molecule has 1 saturated heterocycles. The first kappa shape index (κ1) is 21.0. The Kier molecular flexibility index (Phi) is 6.99. The number of carboxylic acids is 1. The van der Waals surface area contributed by atoms with Crippen LogP contribution in [0.2, 0.25) is 0 Å². The average molecular weight is 399 g/mol. The van der Waals surface area contributed by atoms with Gasteiger partial charge in [0.25, 0.3) is 0 Å². The highest BCUT2D eigenvalue weighted by Gasteiger charge is 2.35. The third-order valence-corrected chi connectivity index (χ3v) is 5.37. The van der Waals surface area contributed by atoms with Gasteiger partial charge in [-0.2, -0.15) is 0 Å². The summed E-state index contributed by atoms with van der Waals surface area (Å²) in [7, 11) is 3.25. The molecule has 1 fully saturated rings. The fourth-order valence-corrected chi connectivity index (χ4v) is 4.05. The number of nitrogens with zero attached hydrogens (tertiary/aromatic N) is 1. The summed E-state index contributed by atoms with van der Waals surface area (Å²) in [6, 6.07) is 12.9. The summed E-state index contributed by atoms with van der Waals surface area (Å²) >= 11 is 0. The number of methoxy groups -OCH3 is 2. The number of ether oxygens (including phenoxy) is 3. The normalized spacial score (nSPS) is 18.1. The summed E-state index contributed by atoms with van der Waals surface area (Å²) in [6.45, 7) is 3.16. The van der Waals surface area contributed by atoms with Crippen molar-refractivity contribution in [1.82, 2.24) is 4.90 Å². The van der Waals surface area contributed by atoms with Crippen LogP contribution in [0.4, 0.5) is 0 Å². The second-order valence-corrected chi connectivity index (χ2v) is 7.11. The highest BCUT2D eigenvalue weighted by molar-refractivity contribution is 5.73. The predicted molar refractivity (Wildman–Crippen MR) is 111 cm³/mol. The molecule has 2 atom stereocenters. The smallest absolute Gasteiger partial charge is 0.320 e. The standard InChI is InChI=1S/C23H29NO5/c1-4-29-21-15-17(11-12-20(21)28-3)22(16-8-7-9-18(14-16)27-2)24-13-6-5-10-19(24)23(25)26/h7-9,11-12,14-15,19,22H,4-6,10,13H2,1-3H3,(H,25,26). The maximum Gasteiger partial charge on any atom is 0.320 e. The quantitative estimate of drug-likeness (QED) is 0.720. The van der Waals surface area contributed by atoms with Crippen molar-refractivity contribution >= 4 is 5.97 Å². The minimum absolute atomic E-state index is 0.225. The van der Waals surface area contributed by atoms with Gasteiger partial charge in [0.1, 0.15) is 11.8 Å². The molecule has 0 amide bonds. The van der Waals surface area contributed by atoms with E-state index in [0.29, 0.717) is 24.5 Å². The van der Waals surface area contributed by atoms with Gasteiger partial charge >= 0.3 is 5.97 Å². The zero-order valence-electron chi connectivity index (χ0n) is 17.3. The molecule has 1 heterocycles. The molecule has 6 heteroatoms. The maximum absolute atomic E-state index is 12.0. The van der Waals surface area contributed by atoms with E-state index >= 15 is 0 Å². The lowest BCUT2D eigenvalue weighted by Crippen LogP contribution is -2.46. The highest BCUT2D eigenvalue weighted by atomic mass is 16.5. The van der Waals surface area contributed by atoms with Crippen molar-refractivity contribution in [3.63, 3.8) is 0 Å². The number of likely N-dealkylation sites (tertiary alicyclic amines) is 1. The van der Waals surface area contributed by atoms with Gasteiger partial charge in [-0.25, -0.2) is 0 Å². The third kappa shape index (κ3) is 4.65. The molecule has 3 rings (SSSR count). The molecule has 2 aromatic rings. The zero-order chi connectivity index (χ0) is 20.8. The number of aliphatic carboxylic acids is 1. The fraction of sp³-hybridized carbons (Fsp3) is 0.435. The van der Waals surface area contributed by atoms with Crippen LogP contribution in [0.25, 0.3) is 0 Å². The zero-order valence-corrected chi connectivity index (χ0v) is 17.3. The Balaban J connectivity index is 2.12. The number of rotatable bonds is 8. The first-order valence-electron chi connectivity index (χ1n) is 10.0. The number of carbonyl (C=O) groups is 1. The van der Waals surface area contributed by atoms with Crippen molar-refractivity contribution in [2.24, 2.45) is 0 Å². The largest absolute Gasteiger partial charge is 0.497 e. The molecule has 2 aromatic carbocycles. The van der Waals surface area contributed by atoms with Gasteiger partial charge in [0, 0.05) is 0 Å². The predicted octanol–water partition coefficient (Wildman–Crippen LogP) is 4.13. The molecule has 0 aliphatic carbocycles. The van der Waals surface area contributed by atoms with Gasteiger partial charge in [-0.3, -0.25) is 9.69 Å². The molecule has 0 bridgehead atoms. The lowest BCUT2D eigenvalue weighted by molar-refractivity contribution is -0.145. The lowest BCUT2D eigenvalue weighted by atomic mass is 9.91. The summed E-state index contributed by atoms with van der Waals surface area (Å²) < 4.78 is 16.6. The minimum atomic E-state index is -0.781. The summed E-state index contributed by atoms with van der Waals surface area (Å²) in [6.07, 6.45) is 2.54. The van der Waals surface area contributed by atoms with E-state index in [0.717, 1.165) is 36.3 Å². The molecule has 1 aliphatic rings.